The van der Waals surface area contributed by atoms with Crippen LogP contribution < -0.4 is 4.43 Å². The smallest absolute Gasteiger partial charge is 0.333 e. The molecule has 0 heterocycles. The van der Waals surface area contributed by atoms with Gasteiger partial charge in [0.2, 0.25) is 6.29 Å². The maximum Gasteiger partial charge on any atom is 0.333 e. The molecule has 0 radical (unpaired) electrons. The van der Waals surface area contributed by atoms with E-state index < -0.39 is 20.6 Å². The number of hydrogen-bond acceptors (Lipinski definition) is 4. The average Bonchev–Trinajstić information content (AvgIpc) is 2.77. The van der Waals surface area contributed by atoms with Crippen molar-refractivity contribution < 1.29 is 18.7 Å². The van der Waals surface area contributed by atoms with Gasteiger partial charge in [0, 0.05) is 24.7 Å². The van der Waals surface area contributed by atoms with Gasteiger partial charge >= 0.3 is 5.97 Å². The highest BCUT2D eigenvalue weighted by atomic mass is 28.4. The molecule has 192 valence electrons. The predicted octanol–water partition coefficient (Wildman–Crippen LogP) is 8.31. The lowest BCUT2D eigenvalue weighted by molar-refractivity contribution is -0.174. The molecule has 0 bridgehead atoms. The first kappa shape index (κ1) is 28.9. The maximum absolute atomic E-state index is 12.7. The van der Waals surface area contributed by atoms with E-state index in [1.807, 2.05) is 31.2 Å². The summed E-state index contributed by atoms with van der Waals surface area (Å²) in [6, 6.07) is 16.4. The summed E-state index contributed by atoms with van der Waals surface area (Å²) in [5.41, 5.74) is 3.39. The fourth-order valence-corrected chi connectivity index (χ4v) is 4.49. The SMILES string of the molecule is CCOC(CC(C)c1cccc(C(C)C)c1)OC(=O)/C=C/c1ccccc1O[Si](C)(C)C(C)(C)C. The number of benzene rings is 2. The van der Waals surface area contributed by atoms with Gasteiger partial charge in [0.25, 0.3) is 8.32 Å². The first-order valence-electron chi connectivity index (χ1n) is 12.7. The van der Waals surface area contributed by atoms with Crippen LogP contribution >= 0.6 is 0 Å². The van der Waals surface area contributed by atoms with Gasteiger partial charge in [-0.1, -0.05) is 84.0 Å². The van der Waals surface area contributed by atoms with Crippen molar-refractivity contribution in [3.05, 3.63) is 71.3 Å². The molecule has 0 saturated heterocycles. The number of ether oxygens (including phenoxy) is 2. The molecule has 0 spiro atoms. The average molecular weight is 497 g/mol. The number of hydrogen-bond donors (Lipinski definition) is 0. The Morgan fingerprint density at radius 1 is 1.00 bits per heavy atom. The van der Waals surface area contributed by atoms with Gasteiger partial charge < -0.3 is 13.9 Å². The number of carbonyl (C=O) groups is 1. The third-order valence-corrected chi connectivity index (χ3v) is 11.1. The van der Waals surface area contributed by atoms with Gasteiger partial charge in [-0.25, -0.2) is 4.79 Å². The lowest BCUT2D eigenvalue weighted by Gasteiger charge is -2.36. The maximum atomic E-state index is 12.7. The van der Waals surface area contributed by atoms with Crippen LogP contribution in [0.4, 0.5) is 0 Å². The second kappa shape index (κ2) is 12.5. The van der Waals surface area contributed by atoms with Crippen molar-refractivity contribution in [2.45, 2.75) is 91.1 Å². The summed E-state index contributed by atoms with van der Waals surface area (Å²) in [6.45, 7) is 20.0. The molecular weight excluding hydrogens is 452 g/mol. The Labute approximate surface area is 213 Å². The number of esters is 1. The highest BCUT2D eigenvalue weighted by molar-refractivity contribution is 6.74. The number of rotatable bonds is 11. The van der Waals surface area contributed by atoms with Crippen molar-refractivity contribution in [3.63, 3.8) is 0 Å². The summed E-state index contributed by atoms with van der Waals surface area (Å²) in [5.74, 6) is 1.04. The van der Waals surface area contributed by atoms with Gasteiger partial charge in [-0.2, -0.15) is 0 Å². The van der Waals surface area contributed by atoms with Gasteiger partial charge in [-0.3, -0.25) is 0 Å². The Hall–Kier alpha value is -2.37. The molecule has 0 aliphatic rings. The van der Waals surface area contributed by atoms with Crippen LogP contribution in [-0.4, -0.2) is 27.2 Å². The van der Waals surface area contributed by atoms with Crippen molar-refractivity contribution in [1.29, 1.82) is 0 Å². The molecule has 0 N–H and O–H groups in total. The second-order valence-corrected chi connectivity index (χ2v) is 15.7. The Bertz CT molecular complexity index is 988. The molecule has 2 aromatic carbocycles. The zero-order valence-corrected chi connectivity index (χ0v) is 24.1. The lowest BCUT2D eigenvalue weighted by atomic mass is 9.93. The first-order chi connectivity index (χ1) is 16.3. The Morgan fingerprint density at radius 3 is 2.29 bits per heavy atom. The molecular formula is C30H44O4Si. The van der Waals surface area contributed by atoms with E-state index >= 15 is 0 Å². The summed E-state index contributed by atoms with van der Waals surface area (Å²) in [5, 5.41) is 0.0822. The molecule has 2 atom stereocenters. The molecule has 2 rings (SSSR count). The van der Waals surface area contributed by atoms with E-state index in [1.165, 1.54) is 17.2 Å². The van der Waals surface area contributed by atoms with Gasteiger partial charge in [0.15, 0.2) is 0 Å². The molecule has 5 heteroatoms. The quantitative estimate of drug-likeness (QED) is 0.136. The van der Waals surface area contributed by atoms with Crippen LogP contribution in [0.5, 0.6) is 5.75 Å². The molecule has 2 unspecified atom stereocenters. The fourth-order valence-electron chi connectivity index (χ4n) is 3.45. The van der Waals surface area contributed by atoms with E-state index in [1.54, 1.807) is 6.08 Å². The molecule has 0 aliphatic heterocycles. The van der Waals surface area contributed by atoms with E-state index in [4.69, 9.17) is 13.9 Å². The summed E-state index contributed by atoms with van der Waals surface area (Å²) >= 11 is 0. The largest absolute Gasteiger partial charge is 0.543 e. The van der Waals surface area contributed by atoms with Crippen LogP contribution in [0.1, 0.15) is 83.4 Å². The summed E-state index contributed by atoms with van der Waals surface area (Å²) < 4.78 is 18.0. The molecule has 35 heavy (non-hydrogen) atoms. The van der Waals surface area contributed by atoms with E-state index in [0.717, 1.165) is 11.3 Å². The number of para-hydroxylation sites is 1. The van der Waals surface area contributed by atoms with Gasteiger partial charge in [0.05, 0.1) is 0 Å². The predicted molar refractivity (Wildman–Crippen MR) is 148 cm³/mol. The molecule has 2 aromatic rings. The summed E-state index contributed by atoms with van der Waals surface area (Å²) in [6.07, 6.45) is 3.22. The molecule has 0 fully saturated rings. The minimum absolute atomic E-state index is 0.0822. The van der Waals surface area contributed by atoms with Crippen LogP contribution in [0.2, 0.25) is 18.1 Å². The van der Waals surface area contributed by atoms with Gasteiger partial charge in [-0.15, -0.1) is 0 Å². The van der Waals surface area contributed by atoms with Gasteiger partial charge in [0.1, 0.15) is 5.75 Å². The van der Waals surface area contributed by atoms with E-state index in [2.05, 4.69) is 78.9 Å². The molecule has 0 aromatic heterocycles. The summed E-state index contributed by atoms with van der Waals surface area (Å²) in [4.78, 5) is 12.7. The molecule has 0 amide bonds. The minimum atomic E-state index is -2.00. The van der Waals surface area contributed by atoms with Crippen LogP contribution in [-0.2, 0) is 14.3 Å². The topological polar surface area (TPSA) is 44.8 Å². The normalized spacial score (nSPS) is 14.2. The molecule has 0 saturated carbocycles. The van der Waals surface area contributed by atoms with Crippen LogP contribution in [0.15, 0.2) is 54.6 Å². The highest BCUT2D eigenvalue weighted by Gasteiger charge is 2.39. The van der Waals surface area contributed by atoms with Crippen molar-refractivity contribution in [3.8, 4) is 5.75 Å². The van der Waals surface area contributed by atoms with E-state index in [-0.39, 0.29) is 11.0 Å². The molecule has 0 aliphatic carbocycles. The van der Waals surface area contributed by atoms with Crippen molar-refractivity contribution in [2.24, 2.45) is 0 Å². The molecule has 4 nitrogen and oxygen atoms in total. The minimum Gasteiger partial charge on any atom is -0.543 e. The monoisotopic (exact) mass is 496 g/mol. The third-order valence-electron chi connectivity index (χ3n) is 6.78. The van der Waals surface area contributed by atoms with E-state index in [0.29, 0.717) is 18.9 Å². The number of carbonyl (C=O) groups excluding carboxylic acids is 1. The third kappa shape index (κ3) is 8.66. The Morgan fingerprint density at radius 2 is 1.66 bits per heavy atom. The van der Waals surface area contributed by atoms with Crippen LogP contribution in [0, 0.1) is 0 Å². The fraction of sp³-hybridized carbons (Fsp3) is 0.500. The van der Waals surface area contributed by atoms with Crippen molar-refractivity contribution in [1.82, 2.24) is 0 Å². The standard InChI is InChI=1S/C30H44O4Si/c1-10-32-29(20-23(4)26-16-13-15-25(21-26)22(2)3)33-28(31)19-18-24-14-11-12-17-27(24)34-35(8,9)30(5,6)7/h11-19,21-23,29H,10,20H2,1-9H3/b19-18+. The van der Waals surface area contributed by atoms with Gasteiger partial charge in [-0.05, 0) is 60.2 Å². The zero-order chi connectivity index (χ0) is 26.2. The summed E-state index contributed by atoms with van der Waals surface area (Å²) in [7, 11) is -2.00. The van der Waals surface area contributed by atoms with Crippen LogP contribution in [0.25, 0.3) is 6.08 Å². The van der Waals surface area contributed by atoms with E-state index in [9.17, 15) is 4.79 Å². The Balaban J connectivity index is 2.09. The lowest BCUT2D eigenvalue weighted by Crippen LogP contribution is -2.44. The Kier molecular flexibility index (Phi) is 10.3. The second-order valence-electron chi connectivity index (χ2n) is 11.0. The highest BCUT2D eigenvalue weighted by Crippen LogP contribution is 2.38. The van der Waals surface area contributed by atoms with Crippen molar-refractivity contribution >= 4 is 20.4 Å². The van der Waals surface area contributed by atoms with Crippen LogP contribution in [0.3, 0.4) is 0 Å². The van der Waals surface area contributed by atoms with Crippen molar-refractivity contribution in [2.75, 3.05) is 6.61 Å². The first-order valence-corrected chi connectivity index (χ1v) is 15.6. The zero-order valence-electron chi connectivity index (χ0n) is 23.1.